The van der Waals surface area contributed by atoms with Gasteiger partial charge in [-0.25, -0.2) is 0 Å². The second-order valence-electron chi connectivity index (χ2n) is 5.59. The van der Waals surface area contributed by atoms with Gasteiger partial charge in [-0.1, -0.05) is 0 Å². The molecule has 1 atom stereocenters. The molecule has 2 rings (SSSR count). The van der Waals surface area contributed by atoms with Crippen molar-refractivity contribution >= 4 is 17.3 Å². The molecule has 0 heterocycles. The number of carbonyl (C=O) groups is 1. The van der Waals surface area contributed by atoms with Crippen molar-refractivity contribution in [2.75, 3.05) is 19.3 Å². The first-order chi connectivity index (χ1) is 9.81. The number of anilines is 1. The minimum Gasteiger partial charge on any atom is -0.393 e. The number of amides is 1. The van der Waals surface area contributed by atoms with Crippen molar-refractivity contribution in [1.82, 2.24) is 4.90 Å². The van der Waals surface area contributed by atoms with Crippen LogP contribution in [0.1, 0.15) is 28.8 Å². The van der Waals surface area contributed by atoms with Crippen LogP contribution >= 0.6 is 0 Å². The lowest BCUT2D eigenvalue weighted by atomic mass is 10.1. The minimum atomic E-state index is -0.599. The van der Waals surface area contributed by atoms with Crippen molar-refractivity contribution in [3.63, 3.8) is 0 Å². The summed E-state index contributed by atoms with van der Waals surface area (Å²) in [5.74, 6) is -0.163. The fraction of sp³-hybridized carbons (Fsp3) is 0.500. The van der Waals surface area contributed by atoms with E-state index >= 15 is 0 Å². The van der Waals surface area contributed by atoms with E-state index in [4.69, 9.17) is 5.73 Å². The van der Waals surface area contributed by atoms with E-state index in [0.29, 0.717) is 5.56 Å². The van der Waals surface area contributed by atoms with Crippen molar-refractivity contribution in [2.24, 2.45) is 5.92 Å². The van der Waals surface area contributed by atoms with Crippen LogP contribution < -0.4 is 5.73 Å². The molecule has 21 heavy (non-hydrogen) atoms. The molecule has 3 N–H and O–H groups in total. The van der Waals surface area contributed by atoms with Gasteiger partial charge in [0.15, 0.2) is 0 Å². The summed E-state index contributed by atoms with van der Waals surface area (Å²) in [5, 5.41) is 20.8. The number of aliphatic hydroxyl groups excluding tert-OH is 1. The first-order valence-electron chi connectivity index (χ1n) is 6.79. The predicted molar refractivity (Wildman–Crippen MR) is 77.9 cm³/mol. The summed E-state index contributed by atoms with van der Waals surface area (Å²) in [7, 11) is 1.56. The van der Waals surface area contributed by atoms with Crippen LogP contribution in [-0.2, 0) is 0 Å². The van der Waals surface area contributed by atoms with E-state index in [9.17, 15) is 20.0 Å². The van der Waals surface area contributed by atoms with E-state index in [1.165, 1.54) is 17.0 Å². The third kappa shape index (κ3) is 3.30. The smallest absolute Gasteiger partial charge is 0.293 e. The number of hydrogen-bond donors (Lipinski definition) is 2. The number of carbonyl (C=O) groups excluding carboxylic acids is 1. The summed E-state index contributed by atoms with van der Waals surface area (Å²) in [4.78, 5) is 24.1. The number of nitrogens with two attached hydrogens (primary N) is 1. The predicted octanol–water partition coefficient (Wildman–Crippen LogP) is 1.33. The van der Waals surface area contributed by atoms with Crippen LogP contribution in [0.4, 0.5) is 11.4 Å². The Hall–Kier alpha value is -2.15. The number of nitrogen functional groups attached to an aromatic ring is 1. The standard InChI is InChI=1S/C14H19N3O4/c1-8-5-10(13(15)11(6-8)17(20)21)14(19)16(2)7-12(18)9-3-4-9/h5-6,9,12,18H,3-4,7,15H2,1-2H3. The van der Waals surface area contributed by atoms with Crippen LogP contribution in [0.25, 0.3) is 0 Å². The topological polar surface area (TPSA) is 110 Å². The summed E-state index contributed by atoms with van der Waals surface area (Å²) in [6.45, 7) is 1.87. The third-order valence-corrected chi connectivity index (χ3v) is 3.70. The molecule has 1 aromatic carbocycles. The maximum Gasteiger partial charge on any atom is 0.293 e. The number of nitro benzene ring substituents is 1. The Morgan fingerprint density at radius 1 is 1.57 bits per heavy atom. The van der Waals surface area contributed by atoms with Gasteiger partial charge < -0.3 is 15.7 Å². The molecule has 0 aromatic heterocycles. The average molecular weight is 293 g/mol. The van der Waals surface area contributed by atoms with Gasteiger partial charge in [0.2, 0.25) is 0 Å². The summed E-state index contributed by atoms with van der Waals surface area (Å²) < 4.78 is 0. The van der Waals surface area contributed by atoms with Crippen LogP contribution in [-0.4, -0.2) is 40.5 Å². The van der Waals surface area contributed by atoms with Crippen molar-refractivity contribution in [1.29, 1.82) is 0 Å². The second-order valence-corrected chi connectivity index (χ2v) is 5.59. The molecule has 1 unspecified atom stereocenters. The van der Waals surface area contributed by atoms with Gasteiger partial charge in [-0.05, 0) is 37.3 Å². The Morgan fingerprint density at radius 2 is 2.19 bits per heavy atom. The largest absolute Gasteiger partial charge is 0.393 e. The summed E-state index contributed by atoms with van der Waals surface area (Å²) in [6.07, 6.45) is 1.39. The number of hydrogen-bond acceptors (Lipinski definition) is 5. The maximum absolute atomic E-state index is 12.4. The highest BCUT2D eigenvalue weighted by Gasteiger charge is 2.32. The number of likely N-dealkylation sites (N-methyl/N-ethyl adjacent to an activating group) is 1. The summed E-state index contributed by atoms with van der Waals surface area (Å²) in [5.41, 5.74) is 6.04. The lowest BCUT2D eigenvalue weighted by molar-refractivity contribution is -0.384. The molecule has 1 aliphatic rings. The van der Waals surface area contributed by atoms with E-state index in [1.807, 2.05) is 0 Å². The Morgan fingerprint density at radius 3 is 2.71 bits per heavy atom. The van der Waals surface area contributed by atoms with Gasteiger partial charge in [0.1, 0.15) is 5.69 Å². The summed E-state index contributed by atoms with van der Waals surface area (Å²) >= 11 is 0. The molecule has 0 spiro atoms. The Labute approximate surface area is 122 Å². The number of nitro groups is 1. The molecule has 1 saturated carbocycles. The van der Waals surface area contributed by atoms with Gasteiger partial charge in [-0.15, -0.1) is 0 Å². The van der Waals surface area contributed by atoms with Gasteiger partial charge in [0.25, 0.3) is 11.6 Å². The van der Waals surface area contributed by atoms with E-state index in [2.05, 4.69) is 0 Å². The number of aryl methyl sites for hydroxylation is 1. The number of rotatable bonds is 5. The van der Waals surface area contributed by atoms with Crippen molar-refractivity contribution < 1.29 is 14.8 Å². The molecule has 0 aliphatic heterocycles. The van der Waals surface area contributed by atoms with Crippen LogP contribution in [0.5, 0.6) is 0 Å². The van der Waals surface area contributed by atoms with E-state index < -0.39 is 16.9 Å². The van der Waals surface area contributed by atoms with Gasteiger partial charge >= 0.3 is 0 Å². The number of nitrogens with zero attached hydrogens (tertiary/aromatic N) is 2. The zero-order valence-electron chi connectivity index (χ0n) is 12.1. The lowest BCUT2D eigenvalue weighted by Gasteiger charge is -2.21. The summed E-state index contributed by atoms with van der Waals surface area (Å²) in [6, 6.07) is 2.87. The van der Waals surface area contributed by atoms with E-state index in [1.54, 1.807) is 14.0 Å². The van der Waals surface area contributed by atoms with Gasteiger partial charge in [0, 0.05) is 19.7 Å². The van der Waals surface area contributed by atoms with Crippen molar-refractivity contribution in [3.05, 3.63) is 33.4 Å². The number of benzene rings is 1. The average Bonchev–Trinajstić information content (AvgIpc) is 3.24. The monoisotopic (exact) mass is 293 g/mol. The van der Waals surface area contributed by atoms with E-state index in [-0.39, 0.29) is 29.4 Å². The van der Waals surface area contributed by atoms with Crippen molar-refractivity contribution in [2.45, 2.75) is 25.9 Å². The highest BCUT2D eigenvalue weighted by atomic mass is 16.6. The molecule has 1 fully saturated rings. The third-order valence-electron chi connectivity index (χ3n) is 3.70. The minimum absolute atomic E-state index is 0.104. The Kier molecular flexibility index (Phi) is 4.13. The molecule has 7 nitrogen and oxygen atoms in total. The molecule has 1 aliphatic carbocycles. The molecule has 0 saturated heterocycles. The molecule has 1 amide bonds. The Balaban J connectivity index is 2.23. The fourth-order valence-corrected chi connectivity index (χ4v) is 2.31. The van der Waals surface area contributed by atoms with Gasteiger partial charge in [-0.3, -0.25) is 14.9 Å². The fourth-order valence-electron chi connectivity index (χ4n) is 2.31. The second kappa shape index (κ2) is 5.69. The molecular formula is C14H19N3O4. The zero-order chi connectivity index (χ0) is 15.7. The SMILES string of the molecule is Cc1cc(C(=O)N(C)CC(O)C2CC2)c(N)c([N+](=O)[O-])c1. The van der Waals surface area contributed by atoms with Gasteiger partial charge in [0.05, 0.1) is 16.6 Å². The van der Waals surface area contributed by atoms with Crippen LogP contribution in [0.2, 0.25) is 0 Å². The van der Waals surface area contributed by atoms with E-state index in [0.717, 1.165) is 12.8 Å². The molecular weight excluding hydrogens is 274 g/mol. The highest BCUT2D eigenvalue weighted by Crippen LogP contribution is 2.33. The van der Waals surface area contributed by atoms with Crippen molar-refractivity contribution in [3.8, 4) is 0 Å². The normalized spacial score (nSPS) is 15.6. The Bertz CT molecular complexity index is 584. The number of aliphatic hydroxyl groups is 1. The highest BCUT2D eigenvalue weighted by molar-refractivity contribution is 6.01. The van der Waals surface area contributed by atoms with Crippen LogP contribution in [0.3, 0.4) is 0 Å². The lowest BCUT2D eigenvalue weighted by Crippen LogP contribution is -2.35. The van der Waals surface area contributed by atoms with Gasteiger partial charge in [-0.2, -0.15) is 0 Å². The molecule has 1 aromatic rings. The van der Waals surface area contributed by atoms with Crippen LogP contribution in [0, 0.1) is 23.0 Å². The molecule has 114 valence electrons. The first-order valence-corrected chi connectivity index (χ1v) is 6.79. The molecule has 7 heteroatoms. The zero-order valence-corrected chi connectivity index (χ0v) is 12.1. The quantitative estimate of drug-likeness (QED) is 0.483. The maximum atomic E-state index is 12.4. The molecule has 0 radical (unpaired) electrons. The molecule has 0 bridgehead atoms. The van der Waals surface area contributed by atoms with Crippen LogP contribution in [0.15, 0.2) is 12.1 Å². The first kappa shape index (κ1) is 15.2.